The van der Waals surface area contributed by atoms with Gasteiger partial charge in [0.1, 0.15) is 5.82 Å². The normalized spacial score (nSPS) is 26.1. The van der Waals surface area contributed by atoms with E-state index in [9.17, 15) is 4.39 Å². The fourth-order valence-corrected chi connectivity index (χ4v) is 2.69. The number of likely N-dealkylation sites (tertiary alicyclic amines) is 1. The Morgan fingerprint density at radius 2 is 1.94 bits per heavy atom. The summed E-state index contributed by atoms with van der Waals surface area (Å²) in [5.74, 6) is -0.202. The van der Waals surface area contributed by atoms with Gasteiger partial charge >= 0.3 is 0 Å². The van der Waals surface area contributed by atoms with E-state index in [0.29, 0.717) is 17.8 Å². The van der Waals surface area contributed by atoms with Crippen LogP contribution in [0.2, 0.25) is 0 Å². The topological polar surface area (TPSA) is 29.3 Å². The van der Waals surface area contributed by atoms with Gasteiger partial charge in [-0.1, -0.05) is 6.42 Å². The highest BCUT2D eigenvalue weighted by Gasteiger charge is 2.25. The van der Waals surface area contributed by atoms with Crippen molar-refractivity contribution in [1.82, 2.24) is 4.90 Å². The second-order valence-electron chi connectivity index (χ2n) is 5.14. The van der Waals surface area contributed by atoms with Gasteiger partial charge in [-0.2, -0.15) is 0 Å². The summed E-state index contributed by atoms with van der Waals surface area (Å²) in [4.78, 5) is 2.43. The smallest absolute Gasteiger partial charge is 0.123 e. The van der Waals surface area contributed by atoms with E-state index >= 15 is 0 Å². The molecule has 2 nitrogen and oxygen atoms in total. The van der Waals surface area contributed by atoms with Crippen LogP contribution in [0.5, 0.6) is 0 Å². The van der Waals surface area contributed by atoms with Crippen LogP contribution < -0.4 is 5.73 Å². The third kappa shape index (κ3) is 2.78. The van der Waals surface area contributed by atoms with Gasteiger partial charge in [0.2, 0.25) is 0 Å². The van der Waals surface area contributed by atoms with E-state index < -0.39 is 0 Å². The molecule has 17 heavy (non-hydrogen) atoms. The predicted octanol–water partition coefficient (Wildman–Crippen LogP) is 3.17. The van der Waals surface area contributed by atoms with Crippen LogP contribution in [0.25, 0.3) is 0 Å². The largest absolute Gasteiger partial charge is 0.398 e. The molecule has 2 rings (SSSR count). The van der Waals surface area contributed by atoms with Gasteiger partial charge in [0.05, 0.1) is 0 Å². The molecule has 0 spiro atoms. The summed E-state index contributed by atoms with van der Waals surface area (Å²) in [5, 5.41) is 0. The maximum absolute atomic E-state index is 13.2. The number of halogens is 1. The van der Waals surface area contributed by atoms with Gasteiger partial charge in [0.25, 0.3) is 0 Å². The first-order valence-electron chi connectivity index (χ1n) is 6.37. The molecule has 2 atom stereocenters. The molecule has 1 aliphatic heterocycles. The number of anilines is 1. The lowest BCUT2D eigenvalue weighted by atomic mass is 9.96. The average Bonchev–Trinajstić information content (AvgIpc) is 2.28. The molecule has 0 saturated carbocycles. The van der Waals surface area contributed by atoms with Crippen LogP contribution in [0.15, 0.2) is 18.2 Å². The molecule has 2 N–H and O–H groups in total. The number of piperidine rings is 1. The second-order valence-corrected chi connectivity index (χ2v) is 5.14. The molecule has 0 amide bonds. The fourth-order valence-electron chi connectivity index (χ4n) is 2.69. The number of hydrogen-bond acceptors (Lipinski definition) is 2. The summed E-state index contributed by atoms with van der Waals surface area (Å²) < 4.78 is 13.2. The quantitative estimate of drug-likeness (QED) is 0.799. The van der Waals surface area contributed by atoms with Crippen molar-refractivity contribution in [2.24, 2.45) is 0 Å². The number of benzene rings is 1. The first kappa shape index (κ1) is 12.4. The van der Waals surface area contributed by atoms with Gasteiger partial charge in [-0.05, 0) is 50.5 Å². The standard InChI is InChI=1S/C14H21FN2/c1-10-4-3-5-11(2)17(10)9-12-8-13(15)6-7-14(12)16/h6-8,10-11H,3-5,9,16H2,1-2H3. The van der Waals surface area contributed by atoms with Crippen molar-refractivity contribution in [1.29, 1.82) is 0 Å². The second kappa shape index (κ2) is 5.05. The fraction of sp³-hybridized carbons (Fsp3) is 0.571. The van der Waals surface area contributed by atoms with E-state index in [2.05, 4.69) is 18.7 Å². The van der Waals surface area contributed by atoms with Crippen LogP contribution in [-0.2, 0) is 6.54 Å². The Balaban J connectivity index is 2.16. The first-order chi connectivity index (χ1) is 8.08. The number of nitrogen functional groups attached to an aromatic ring is 1. The van der Waals surface area contributed by atoms with Gasteiger partial charge in [0, 0.05) is 24.3 Å². The Labute approximate surface area is 103 Å². The van der Waals surface area contributed by atoms with E-state index in [1.165, 1.54) is 25.3 Å². The highest BCUT2D eigenvalue weighted by atomic mass is 19.1. The zero-order chi connectivity index (χ0) is 12.4. The summed E-state index contributed by atoms with van der Waals surface area (Å²) in [6.45, 7) is 5.24. The monoisotopic (exact) mass is 236 g/mol. The van der Waals surface area contributed by atoms with Crippen molar-refractivity contribution in [2.75, 3.05) is 5.73 Å². The minimum absolute atomic E-state index is 0.202. The molecule has 94 valence electrons. The zero-order valence-electron chi connectivity index (χ0n) is 10.6. The highest BCUT2D eigenvalue weighted by molar-refractivity contribution is 5.46. The molecule has 0 radical (unpaired) electrons. The van der Waals surface area contributed by atoms with Gasteiger partial charge in [-0.3, -0.25) is 4.90 Å². The lowest BCUT2D eigenvalue weighted by Crippen LogP contribution is -2.43. The number of nitrogens with two attached hydrogens (primary N) is 1. The van der Waals surface area contributed by atoms with Gasteiger partial charge in [-0.25, -0.2) is 4.39 Å². The van der Waals surface area contributed by atoms with Crippen LogP contribution in [-0.4, -0.2) is 17.0 Å². The van der Waals surface area contributed by atoms with E-state index in [1.807, 2.05) is 0 Å². The Bertz CT molecular complexity index is 382. The van der Waals surface area contributed by atoms with E-state index in [4.69, 9.17) is 5.73 Å². The zero-order valence-corrected chi connectivity index (χ0v) is 10.6. The lowest BCUT2D eigenvalue weighted by molar-refractivity contribution is 0.0954. The summed E-state index contributed by atoms with van der Waals surface area (Å²) in [6, 6.07) is 5.75. The molecule has 1 saturated heterocycles. The van der Waals surface area contributed by atoms with Gasteiger partial charge < -0.3 is 5.73 Å². The maximum atomic E-state index is 13.2. The lowest BCUT2D eigenvalue weighted by Gasteiger charge is -2.39. The van der Waals surface area contributed by atoms with Crippen LogP contribution >= 0.6 is 0 Å². The SMILES string of the molecule is CC1CCCC(C)N1Cc1cc(F)ccc1N. The highest BCUT2D eigenvalue weighted by Crippen LogP contribution is 2.26. The Morgan fingerprint density at radius 1 is 1.29 bits per heavy atom. The van der Waals surface area contributed by atoms with E-state index in [0.717, 1.165) is 12.1 Å². The maximum Gasteiger partial charge on any atom is 0.123 e. The van der Waals surface area contributed by atoms with Crippen molar-refractivity contribution < 1.29 is 4.39 Å². The molecular weight excluding hydrogens is 215 g/mol. The molecule has 0 aromatic heterocycles. The molecular formula is C14H21FN2. The minimum atomic E-state index is -0.202. The molecule has 1 aromatic rings. The molecule has 3 heteroatoms. The number of rotatable bonds is 2. The summed E-state index contributed by atoms with van der Waals surface area (Å²) >= 11 is 0. The Kier molecular flexibility index (Phi) is 3.67. The van der Waals surface area contributed by atoms with E-state index in [-0.39, 0.29) is 5.82 Å². The molecule has 1 heterocycles. The molecule has 0 bridgehead atoms. The van der Waals surface area contributed by atoms with Crippen LogP contribution in [0.3, 0.4) is 0 Å². The van der Waals surface area contributed by atoms with Crippen LogP contribution in [0, 0.1) is 5.82 Å². The number of nitrogens with zero attached hydrogens (tertiary/aromatic N) is 1. The summed E-state index contributed by atoms with van der Waals surface area (Å²) in [6.07, 6.45) is 3.73. The van der Waals surface area contributed by atoms with Crippen LogP contribution in [0.1, 0.15) is 38.7 Å². The van der Waals surface area contributed by atoms with Gasteiger partial charge in [-0.15, -0.1) is 0 Å². The molecule has 1 fully saturated rings. The van der Waals surface area contributed by atoms with E-state index in [1.54, 1.807) is 12.1 Å². The third-order valence-corrected chi connectivity index (χ3v) is 3.83. The molecule has 2 unspecified atom stereocenters. The van der Waals surface area contributed by atoms with Crippen molar-refractivity contribution in [3.8, 4) is 0 Å². The summed E-state index contributed by atoms with van der Waals surface area (Å²) in [7, 11) is 0. The predicted molar refractivity (Wildman–Crippen MR) is 69.1 cm³/mol. The summed E-state index contributed by atoms with van der Waals surface area (Å²) in [5.41, 5.74) is 7.50. The Morgan fingerprint density at radius 3 is 2.59 bits per heavy atom. The van der Waals surface area contributed by atoms with Crippen molar-refractivity contribution in [3.05, 3.63) is 29.6 Å². The van der Waals surface area contributed by atoms with Gasteiger partial charge in [0.15, 0.2) is 0 Å². The average molecular weight is 236 g/mol. The molecule has 1 aromatic carbocycles. The van der Waals surface area contributed by atoms with Crippen molar-refractivity contribution in [3.63, 3.8) is 0 Å². The van der Waals surface area contributed by atoms with Crippen LogP contribution in [0.4, 0.5) is 10.1 Å². The third-order valence-electron chi connectivity index (χ3n) is 3.83. The number of hydrogen-bond donors (Lipinski definition) is 1. The van der Waals surface area contributed by atoms with Crippen molar-refractivity contribution in [2.45, 2.75) is 51.7 Å². The minimum Gasteiger partial charge on any atom is -0.398 e. The molecule has 0 aliphatic carbocycles. The van der Waals surface area contributed by atoms with Crippen molar-refractivity contribution >= 4 is 5.69 Å². The Hall–Kier alpha value is -1.09. The first-order valence-corrected chi connectivity index (χ1v) is 6.37. The molecule has 1 aliphatic rings.